The van der Waals surface area contributed by atoms with Crippen molar-refractivity contribution in [3.05, 3.63) is 36.0 Å². The Hall–Kier alpha value is -1.56. The summed E-state index contributed by atoms with van der Waals surface area (Å²) in [6, 6.07) is 11.2. The molecule has 4 rings (SSSR count). The highest BCUT2D eigenvalue weighted by atomic mass is 35.5. The van der Waals surface area contributed by atoms with Crippen LogP contribution in [0.4, 0.5) is 0 Å². The van der Waals surface area contributed by atoms with Crippen LogP contribution in [0, 0.1) is 0 Å². The second-order valence-corrected chi connectivity index (χ2v) is 9.82. The molecule has 2 fully saturated rings. The summed E-state index contributed by atoms with van der Waals surface area (Å²) in [6.07, 6.45) is 14.8. The highest BCUT2D eigenvalue weighted by Gasteiger charge is 2.19. The number of aryl methyl sites for hydroxylation is 1. The molecule has 1 aliphatic heterocycles. The average Bonchev–Trinajstić information content (AvgIpc) is 2.85. The monoisotopic (exact) mass is 523 g/mol. The second-order valence-electron chi connectivity index (χ2n) is 9.82. The predicted octanol–water partition coefficient (Wildman–Crippen LogP) is 7.29. The number of halogens is 2. The van der Waals surface area contributed by atoms with E-state index in [0.29, 0.717) is 24.6 Å². The van der Waals surface area contributed by atoms with Gasteiger partial charge in [-0.1, -0.05) is 38.3 Å². The normalized spacial score (nSPS) is 18.9. The van der Waals surface area contributed by atoms with Gasteiger partial charge in [-0.05, 0) is 89.1 Å². The van der Waals surface area contributed by atoms with Crippen molar-refractivity contribution in [3.63, 3.8) is 0 Å². The molecule has 1 saturated heterocycles. The van der Waals surface area contributed by atoms with Gasteiger partial charge in [0.2, 0.25) is 5.88 Å². The Bertz CT molecular complexity index is 860. The lowest BCUT2D eigenvalue weighted by Crippen LogP contribution is -2.37. The Kier molecular flexibility index (Phi) is 13.2. The molecule has 35 heavy (non-hydrogen) atoms. The zero-order valence-electron chi connectivity index (χ0n) is 21.4. The van der Waals surface area contributed by atoms with Crippen LogP contribution in [-0.2, 0) is 6.42 Å². The molecule has 7 heteroatoms. The predicted molar refractivity (Wildman–Crippen MR) is 148 cm³/mol. The Balaban J connectivity index is 0.00000216. The zero-order valence-corrected chi connectivity index (χ0v) is 23.0. The SMILES string of the molecule is CCCCc1nnc(OCCC2CCCCN2C)cc1-c1ccc(OC2CCCCC2)cc1.Cl.Cl. The van der Waals surface area contributed by atoms with Gasteiger partial charge >= 0.3 is 0 Å². The first-order valence-electron chi connectivity index (χ1n) is 13.2. The first kappa shape index (κ1) is 29.7. The van der Waals surface area contributed by atoms with E-state index in [1.165, 1.54) is 57.9 Å². The van der Waals surface area contributed by atoms with Gasteiger partial charge in [0, 0.05) is 17.7 Å². The van der Waals surface area contributed by atoms with Gasteiger partial charge in [0.25, 0.3) is 0 Å². The molecule has 0 radical (unpaired) electrons. The fraction of sp³-hybridized carbons (Fsp3) is 0.643. The average molecular weight is 525 g/mol. The van der Waals surface area contributed by atoms with Crippen LogP contribution in [0.25, 0.3) is 11.1 Å². The molecular weight excluding hydrogens is 481 g/mol. The molecule has 1 aliphatic carbocycles. The van der Waals surface area contributed by atoms with E-state index in [2.05, 4.69) is 59.4 Å². The second kappa shape index (κ2) is 15.5. The summed E-state index contributed by atoms with van der Waals surface area (Å²) in [5.74, 6) is 1.60. The summed E-state index contributed by atoms with van der Waals surface area (Å²) in [4.78, 5) is 2.47. The molecule has 2 aliphatic rings. The molecule has 0 N–H and O–H groups in total. The summed E-state index contributed by atoms with van der Waals surface area (Å²) in [5.41, 5.74) is 3.34. The number of nitrogens with zero attached hydrogens (tertiary/aromatic N) is 3. The van der Waals surface area contributed by atoms with E-state index in [9.17, 15) is 0 Å². The lowest BCUT2D eigenvalue weighted by molar-refractivity contribution is 0.151. The smallest absolute Gasteiger partial charge is 0.234 e. The van der Waals surface area contributed by atoms with Crippen molar-refractivity contribution in [2.24, 2.45) is 0 Å². The van der Waals surface area contributed by atoms with E-state index in [0.717, 1.165) is 48.3 Å². The first-order valence-corrected chi connectivity index (χ1v) is 13.2. The number of rotatable bonds is 10. The van der Waals surface area contributed by atoms with Crippen LogP contribution in [0.5, 0.6) is 11.6 Å². The highest BCUT2D eigenvalue weighted by Crippen LogP contribution is 2.30. The summed E-state index contributed by atoms with van der Waals surface area (Å²) < 4.78 is 12.3. The fourth-order valence-electron chi connectivity index (χ4n) is 5.15. The molecular formula is C28H43Cl2N3O2. The molecule has 0 bridgehead atoms. The summed E-state index contributed by atoms with van der Waals surface area (Å²) in [6.45, 7) is 4.09. The maximum absolute atomic E-state index is 6.23. The lowest BCUT2D eigenvalue weighted by Gasteiger charge is -2.32. The molecule has 1 unspecified atom stereocenters. The van der Waals surface area contributed by atoms with Crippen LogP contribution in [0.1, 0.15) is 83.2 Å². The van der Waals surface area contributed by atoms with E-state index >= 15 is 0 Å². The van der Waals surface area contributed by atoms with Crippen molar-refractivity contribution in [2.45, 2.75) is 96.1 Å². The highest BCUT2D eigenvalue weighted by molar-refractivity contribution is 5.85. The van der Waals surface area contributed by atoms with Crippen LogP contribution in [-0.4, -0.2) is 47.4 Å². The van der Waals surface area contributed by atoms with Gasteiger partial charge in [-0.15, -0.1) is 29.9 Å². The van der Waals surface area contributed by atoms with Crippen molar-refractivity contribution in [2.75, 3.05) is 20.2 Å². The quantitative estimate of drug-likeness (QED) is 0.327. The van der Waals surface area contributed by atoms with E-state index in [1.807, 2.05) is 0 Å². The molecule has 1 atom stereocenters. The summed E-state index contributed by atoms with van der Waals surface area (Å²) in [7, 11) is 2.23. The van der Waals surface area contributed by atoms with Crippen molar-refractivity contribution >= 4 is 24.8 Å². The Morgan fingerprint density at radius 3 is 2.40 bits per heavy atom. The summed E-state index contributed by atoms with van der Waals surface area (Å²) >= 11 is 0. The van der Waals surface area contributed by atoms with Crippen LogP contribution in [0.15, 0.2) is 30.3 Å². The minimum atomic E-state index is 0. The lowest BCUT2D eigenvalue weighted by atomic mass is 9.97. The van der Waals surface area contributed by atoms with Gasteiger partial charge in [-0.2, -0.15) is 5.10 Å². The Morgan fingerprint density at radius 2 is 1.69 bits per heavy atom. The number of likely N-dealkylation sites (tertiary alicyclic amines) is 1. The van der Waals surface area contributed by atoms with Crippen LogP contribution >= 0.6 is 24.8 Å². The van der Waals surface area contributed by atoms with Crippen molar-refractivity contribution < 1.29 is 9.47 Å². The van der Waals surface area contributed by atoms with Crippen molar-refractivity contribution in [1.29, 1.82) is 0 Å². The number of benzene rings is 1. The summed E-state index contributed by atoms with van der Waals surface area (Å²) in [5, 5.41) is 8.98. The van der Waals surface area contributed by atoms with Crippen LogP contribution in [0.2, 0.25) is 0 Å². The third kappa shape index (κ3) is 8.80. The minimum Gasteiger partial charge on any atom is -0.490 e. The standard InChI is InChI=1S/C28H41N3O2.2ClH/c1-3-4-13-27-26(22-14-16-25(17-15-22)33-24-11-6-5-7-12-24)21-28(30-29-27)32-20-18-23-10-8-9-19-31(23)2;;/h14-17,21,23-24H,3-13,18-20H2,1-2H3;2*1H. The van der Waals surface area contributed by atoms with Gasteiger partial charge in [0.1, 0.15) is 5.75 Å². The zero-order chi connectivity index (χ0) is 22.9. The van der Waals surface area contributed by atoms with E-state index < -0.39 is 0 Å². The van der Waals surface area contributed by atoms with Gasteiger partial charge in [-0.25, -0.2) is 0 Å². The molecule has 1 aromatic carbocycles. The third-order valence-electron chi connectivity index (χ3n) is 7.26. The first-order chi connectivity index (χ1) is 16.2. The topological polar surface area (TPSA) is 47.5 Å². The Labute approximate surface area is 224 Å². The third-order valence-corrected chi connectivity index (χ3v) is 7.26. The molecule has 5 nitrogen and oxygen atoms in total. The van der Waals surface area contributed by atoms with Crippen LogP contribution in [0.3, 0.4) is 0 Å². The van der Waals surface area contributed by atoms with E-state index in [1.54, 1.807) is 0 Å². The van der Waals surface area contributed by atoms with E-state index in [-0.39, 0.29) is 24.8 Å². The molecule has 1 saturated carbocycles. The number of unbranched alkanes of at least 4 members (excludes halogenated alkanes) is 1. The largest absolute Gasteiger partial charge is 0.490 e. The fourth-order valence-corrected chi connectivity index (χ4v) is 5.15. The molecule has 0 spiro atoms. The number of piperidine rings is 1. The van der Waals surface area contributed by atoms with Gasteiger partial charge in [0.05, 0.1) is 18.4 Å². The van der Waals surface area contributed by atoms with Crippen LogP contribution < -0.4 is 9.47 Å². The molecule has 196 valence electrons. The van der Waals surface area contributed by atoms with Crippen molar-refractivity contribution in [3.8, 4) is 22.8 Å². The molecule has 0 amide bonds. The van der Waals surface area contributed by atoms with Gasteiger partial charge in [-0.3, -0.25) is 0 Å². The number of hydrogen-bond donors (Lipinski definition) is 0. The van der Waals surface area contributed by atoms with E-state index in [4.69, 9.17) is 9.47 Å². The number of aromatic nitrogens is 2. The number of ether oxygens (including phenoxy) is 2. The maximum atomic E-state index is 6.23. The molecule has 2 heterocycles. The minimum absolute atomic E-state index is 0. The van der Waals surface area contributed by atoms with Gasteiger partial charge in [0.15, 0.2) is 0 Å². The molecule has 2 aromatic rings. The van der Waals surface area contributed by atoms with Gasteiger partial charge < -0.3 is 14.4 Å². The number of hydrogen-bond acceptors (Lipinski definition) is 5. The Morgan fingerprint density at radius 1 is 0.943 bits per heavy atom. The van der Waals surface area contributed by atoms with Crippen molar-refractivity contribution in [1.82, 2.24) is 15.1 Å². The maximum Gasteiger partial charge on any atom is 0.234 e. The molecule has 1 aromatic heterocycles.